The number of rotatable bonds is 2. The number of carbonyl (C=O) groups is 1. The van der Waals surface area contributed by atoms with E-state index in [1.807, 2.05) is 4.90 Å². The number of amides is 1. The molecule has 0 bridgehead atoms. The summed E-state index contributed by atoms with van der Waals surface area (Å²) in [6, 6.07) is 0. The molecule has 0 unspecified atom stereocenters. The molecule has 2 aliphatic heterocycles. The maximum atomic E-state index is 10.7. The van der Waals surface area contributed by atoms with Gasteiger partial charge in [-0.3, -0.25) is 4.79 Å². The van der Waals surface area contributed by atoms with Gasteiger partial charge in [0, 0.05) is 52.4 Å². The maximum absolute atomic E-state index is 10.7. The summed E-state index contributed by atoms with van der Waals surface area (Å²) in [7, 11) is 2.17. The highest BCUT2D eigenvalue weighted by molar-refractivity contribution is 5.46. The number of hydrogen-bond acceptors (Lipinski definition) is 4. The topological polar surface area (TPSA) is 30.0 Å². The van der Waals surface area contributed by atoms with Crippen molar-refractivity contribution in [3.63, 3.8) is 0 Å². The normalized spacial score (nSPS) is 26.7. The quantitative estimate of drug-likeness (QED) is 0.583. The molecule has 2 fully saturated rings. The van der Waals surface area contributed by atoms with Gasteiger partial charge in [-0.2, -0.15) is 0 Å². The second kappa shape index (κ2) is 5.61. The van der Waals surface area contributed by atoms with Crippen LogP contribution in [0.2, 0.25) is 0 Å². The molecule has 0 spiro atoms. The number of hydrogen-bond donors (Lipinski definition) is 0. The molecule has 92 valence electrons. The molecular weight excluding hydrogens is 204 g/mol. The zero-order chi connectivity index (χ0) is 11.4. The molecular formula is C11H22N4O. The lowest BCUT2D eigenvalue weighted by atomic mass is 10.3. The van der Waals surface area contributed by atoms with Gasteiger partial charge < -0.3 is 9.80 Å². The standard InChI is InChI=1S/C11H22N4O/c1-12-5-8-15(9-6-12)14-4-2-3-13(11-16)7-10-14/h11H,2-10H2,1H3. The van der Waals surface area contributed by atoms with Gasteiger partial charge in [-0.1, -0.05) is 0 Å². The summed E-state index contributed by atoms with van der Waals surface area (Å²) in [5.41, 5.74) is 0. The fourth-order valence-corrected chi connectivity index (χ4v) is 2.39. The van der Waals surface area contributed by atoms with E-state index in [1.54, 1.807) is 0 Å². The molecule has 0 aromatic heterocycles. The van der Waals surface area contributed by atoms with Crippen LogP contribution < -0.4 is 0 Å². The Bertz CT molecular complexity index is 228. The van der Waals surface area contributed by atoms with Gasteiger partial charge in [0.05, 0.1) is 0 Å². The van der Waals surface area contributed by atoms with Crippen LogP contribution >= 0.6 is 0 Å². The van der Waals surface area contributed by atoms with Crippen molar-refractivity contribution in [2.24, 2.45) is 0 Å². The van der Waals surface area contributed by atoms with E-state index in [-0.39, 0.29) is 0 Å². The number of likely N-dealkylation sites (N-methyl/N-ethyl adjacent to an activating group) is 1. The van der Waals surface area contributed by atoms with Gasteiger partial charge >= 0.3 is 0 Å². The summed E-state index contributed by atoms with van der Waals surface area (Å²) in [6.45, 7) is 8.40. The smallest absolute Gasteiger partial charge is 0.209 e. The molecule has 2 aliphatic rings. The van der Waals surface area contributed by atoms with Crippen molar-refractivity contribution in [3.8, 4) is 0 Å². The van der Waals surface area contributed by atoms with Crippen molar-refractivity contribution in [2.75, 3.05) is 59.4 Å². The lowest BCUT2D eigenvalue weighted by Crippen LogP contribution is -2.53. The van der Waals surface area contributed by atoms with E-state index in [2.05, 4.69) is 22.0 Å². The molecule has 16 heavy (non-hydrogen) atoms. The van der Waals surface area contributed by atoms with Gasteiger partial charge in [0.1, 0.15) is 0 Å². The van der Waals surface area contributed by atoms with Crippen molar-refractivity contribution in [2.45, 2.75) is 6.42 Å². The molecule has 0 aromatic rings. The van der Waals surface area contributed by atoms with Gasteiger partial charge in [0.25, 0.3) is 0 Å². The van der Waals surface area contributed by atoms with Crippen molar-refractivity contribution in [3.05, 3.63) is 0 Å². The highest BCUT2D eigenvalue weighted by Crippen LogP contribution is 2.08. The molecule has 2 heterocycles. The van der Waals surface area contributed by atoms with Crippen LogP contribution in [0.5, 0.6) is 0 Å². The predicted octanol–water partition coefficient (Wildman–Crippen LogP) is -0.687. The average molecular weight is 226 g/mol. The minimum absolute atomic E-state index is 0.871. The third kappa shape index (κ3) is 2.93. The molecule has 0 aromatic carbocycles. The lowest BCUT2D eigenvalue weighted by Gasteiger charge is -2.39. The minimum atomic E-state index is 0.871. The Kier molecular flexibility index (Phi) is 4.15. The summed E-state index contributed by atoms with van der Waals surface area (Å²) in [5.74, 6) is 0. The van der Waals surface area contributed by atoms with Crippen LogP contribution in [0.25, 0.3) is 0 Å². The molecule has 0 radical (unpaired) electrons. The Morgan fingerprint density at radius 1 is 0.812 bits per heavy atom. The predicted molar refractivity (Wildman–Crippen MR) is 62.9 cm³/mol. The van der Waals surface area contributed by atoms with Gasteiger partial charge in [0.2, 0.25) is 6.41 Å². The fourth-order valence-electron chi connectivity index (χ4n) is 2.39. The van der Waals surface area contributed by atoms with Crippen molar-refractivity contribution < 1.29 is 4.79 Å². The third-order valence-corrected chi connectivity index (χ3v) is 3.54. The van der Waals surface area contributed by atoms with Gasteiger partial charge in [-0.25, -0.2) is 10.0 Å². The molecule has 0 saturated carbocycles. The summed E-state index contributed by atoms with van der Waals surface area (Å²) < 4.78 is 0. The van der Waals surface area contributed by atoms with Crippen molar-refractivity contribution in [1.29, 1.82) is 0 Å². The van der Waals surface area contributed by atoms with E-state index in [4.69, 9.17) is 0 Å². The Labute approximate surface area is 97.5 Å². The molecule has 0 N–H and O–H groups in total. The maximum Gasteiger partial charge on any atom is 0.209 e. The van der Waals surface area contributed by atoms with E-state index in [0.717, 1.165) is 65.2 Å². The Hall–Kier alpha value is -0.650. The second-order valence-electron chi connectivity index (χ2n) is 4.71. The first-order valence-electron chi connectivity index (χ1n) is 6.17. The third-order valence-electron chi connectivity index (χ3n) is 3.54. The van der Waals surface area contributed by atoms with E-state index >= 15 is 0 Å². The molecule has 0 aliphatic carbocycles. The number of hydrazine groups is 1. The van der Waals surface area contributed by atoms with E-state index in [9.17, 15) is 4.79 Å². The highest BCUT2D eigenvalue weighted by atomic mass is 16.1. The summed E-state index contributed by atoms with van der Waals surface area (Å²) in [4.78, 5) is 15.0. The highest BCUT2D eigenvalue weighted by Gasteiger charge is 2.22. The summed E-state index contributed by atoms with van der Waals surface area (Å²) in [6.07, 6.45) is 2.07. The Morgan fingerprint density at radius 2 is 1.44 bits per heavy atom. The van der Waals surface area contributed by atoms with E-state index in [0.29, 0.717) is 0 Å². The van der Waals surface area contributed by atoms with Crippen molar-refractivity contribution >= 4 is 6.41 Å². The largest absolute Gasteiger partial charge is 0.344 e. The Balaban J connectivity index is 1.82. The average Bonchev–Trinajstić information content (AvgIpc) is 2.55. The van der Waals surface area contributed by atoms with Crippen LogP contribution in [0.15, 0.2) is 0 Å². The first-order valence-corrected chi connectivity index (χ1v) is 6.17. The second-order valence-corrected chi connectivity index (χ2v) is 4.71. The van der Waals surface area contributed by atoms with E-state index in [1.165, 1.54) is 0 Å². The molecule has 1 amide bonds. The molecule has 0 atom stereocenters. The van der Waals surface area contributed by atoms with Crippen LogP contribution in [-0.4, -0.2) is 85.6 Å². The monoisotopic (exact) mass is 226 g/mol. The SMILES string of the molecule is CN1CCN(N2CCCN(C=O)CC2)CC1. The fraction of sp³-hybridized carbons (Fsp3) is 0.909. The molecule has 2 saturated heterocycles. The molecule has 5 heteroatoms. The van der Waals surface area contributed by atoms with Crippen LogP contribution in [-0.2, 0) is 4.79 Å². The van der Waals surface area contributed by atoms with Gasteiger partial charge in [0.15, 0.2) is 0 Å². The number of carbonyl (C=O) groups excluding carboxylic acids is 1. The summed E-state index contributed by atoms with van der Waals surface area (Å²) in [5, 5.41) is 4.88. The zero-order valence-electron chi connectivity index (χ0n) is 10.1. The van der Waals surface area contributed by atoms with E-state index < -0.39 is 0 Å². The first-order chi connectivity index (χ1) is 7.79. The van der Waals surface area contributed by atoms with Gasteiger partial charge in [-0.05, 0) is 13.5 Å². The van der Waals surface area contributed by atoms with Crippen molar-refractivity contribution in [1.82, 2.24) is 19.8 Å². The number of nitrogens with zero attached hydrogens (tertiary/aromatic N) is 4. The lowest BCUT2D eigenvalue weighted by molar-refractivity contribution is -0.118. The Morgan fingerprint density at radius 3 is 2.12 bits per heavy atom. The van der Waals surface area contributed by atoms with Crippen LogP contribution in [0.3, 0.4) is 0 Å². The van der Waals surface area contributed by atoms with Crippen LogP contribution in [0.4, 0.5) is 0 Å². The minimum Gasteiger partial charge on any atom is -0.344 e. The molecule has 2 rings (SSSR count). The zero-order valence-corrected chi connectivity index (χ0v) is 10.1. The summed E-state index contributed by atoms with van der Waals surface area (Å²) >= 11 is 0. The van der Waals surface area contributed by atoms with Crippen LogP contribution in [0.1, 0.15) is 6.42 Å². The molecule has 5 nitrogen and oxygen atoms in total. The number of piperazine rings is 1. The van der Waals surface area contributed by atoms with Gasteiger partial charge in [-0.15, -0.1) is 0 Å². The van der Waals surface area contributed by atoms with Crippen LogP contribution in [0, 0.1) is 0 Å². The first kappa shape index (κ1) is 11.8.